The summed E-state index contributed by atoms with van der Waals surface area (Å²) >= 11 is 0. The normalized spacial score (nSPS) is 10.9. The van der Waals surface area contributed by atoms with Crippen LogP contribution in [0.5, 0.6) is 5.75 Å². The number of benzene rings is 1. The lowest BCUT2D eigenvalue weighted by Gasteiger charge is -2.00. The summed E-state index contributed by atoms with van der Waals surface area (Å²) in [4.78, 5) is 0. The van der Waals surface area contributed by atoms with Gasteiger partial charge in [-0.15, -0.1) is 0 Å². The minimum Gasteiger partial charge on any atom is -0.497 e. The first-order valence-electron chi connectivity index (χ1n) is 5.53. The molecule has 3 heteroatoms. The third-order valence-electron chi connectivity index (χ3n) is 2.77. The number of furan rings is 1. The number of fused-ring (bicyclic) bond motifs is 1. The summed E-state index contributed by atoms with van der Waals surface area (Å²) in [7, 11) is 3.61. The molecule has 16 heavy (non-hydrogen) atoms. The number of methoxy groups -OCH3 is 1. The van der Waals surface area contributed by atoms with E-state index in [9.17, 15) is 0 Å². The van der Waals surface area contributed by atoms with Crippen LogP contribution in [0.4, 0.5) is 0 Å². The van der Waals surface area contributed by atoms with Gasteiger partial charge in [-0.05, 0) is 31.7 Å². The molecule has 0 unspecified atom stereocenters. The van der Waals surface area contributed by atoms with Gasteiger partial charge in [-0.1, -0.05) is 6.92 Å². The molecular formula is C13H17NO2. The number of ether oxygens (including phenoxy) is 1. The maximum Gasteiger partial charge on any atom is 0.134 e. The molecule has 0 aliphatic carbocycles. The Bertz CT molecular complexity index is 488. The monoisotopic (exact) mass is 219 g/mol. The Morgan fingerprint density at radius 2 is 2.19 bits per heavy atom. The zero-order valence-electron chi connectivity index (χ0n) is 9.96. The maximum atomic E-state index is 5.81. The van der Waals surface area contributed by atoms with Crippen LogP contribution in [0.15, 0.2) is 22.6 Å². The second-order valence-corrected chi connectivity index (χ2v) is 3.75. The molecule has 1 aromatic heterocycles. The smallest absolute Gasteiger partial charge is 0.134 e. The lowest BCUT2D eigenvalue weighted by Crippen LogP contribution is -2.05. The van der Waals surface area contributed by atoms with Gasteiger partial charge < -0.3 is 14.5 Å². The van der Waals surface area contributed by atoms with Gasteiger partial charge in [-0.3, -0.25) is 0 Å². The fourth-order valence-electron chi connectivity index (χ4n) is 2.00. The largest absolute Gasteiger partial charge is 0.497 e. The molecule has 1 aromatic carbocycles. The maximum absolute atomic E-state index is 5.81. The van der Waals surface area contributed by atoms with Crippen molar-refractivity contribution in [1.82, 2.24) is 5.32 Å². The zero-order chi connectivity index (χ0) is 11.5. The van der Waals surface area contributed by atoms with Crippen LogP contribution >= 0.6 is 0 Å². The van der Waals surface area contributed by atoms with Gasteiger partial charge in [0.1, 0.15) is 17.1 Å². The quantitative estimate of drug-likeness (QED) is 0.858. The molecule has 86 valence electrons. The van der Waals surface area contributed by atoms with Gasteiger partial charge in [0.2, 0.25) is 0 Å². The molecule has 0 atom stereocenters. The van der Waals surface area contributed by atoms with Gasteiger partial charge in [-0.25, -0.2) is 0 Å². The molecule has 2 aromatic rings. The zero-order valence-corrected chi connectivity index (χ0v) is 9.96. The highest BCUT2D eigenvalue weighted by molar-refractivity contribution is 5.83. The summed E-state index contributed by atoms with van der Waals surface area (Å²) in [6, 6.07) is 5.93. The van der Waals surface area contributed by atoms with E-state index in [-0.39, 0.29) is 0 Å². The number of hydrogen-bond donors (Lipinski definition) is 1. The van der Waals surface area contributed by atoms with Crippen molar-refractivity contribution in [2.45, 2.75) is 19.9 Å². The van der Waals surface area contributed by atoms with Gasteiger partial charge in [0.05, 0.1) is 13.7 Å². The number of rotatable bonds is 4. The molecule has 0 spiro atoms. The highest BCUT2D eigenvalue weighted by Crippen LogP contribution is 2.29. The SMILES string of the molecule is CCc1c(CNC)oc2ccc(OC)cc12. The van der Waals surface area contributed by atoms with Crippen LogP contribution < -0.4 is 10.1 Å². The summed E-state index contributed by atoms with van der Waals surface area (Å²) in [5.74, 6) is 1.90. The molecule has 0 aliphatic heterocycles. The summed E-state index contributed by atoms with van der Waals surface area (Å²) in [5, 5.41) is 4.28. The lowest BCUT2D eigenvalue weighted by atomic mass is 10.1. The Morgan fingerprint density at radius 3 is 2.81 bits per heavy atom. The van der Waals surface area contributed by atoms with E-state index in [1.807, 2.05) is 25.2 Å². The molecule has 3 nitrogen and oxygen atoms in total. The van der Waals surface area contributed by atoms with Crippen LogP contribution in [-0.4, -0.2) is 14.2 Å². The summed E-state index contributed by atoms with van der Waals surface area (Å²) in [5.41, 5.74) is 2.20. The van der Waals surface area contributed by atoms with E-state index >= 15 is 0 Å². The standard InChI is InChI=1S/C13H17NO2/c1-4-10-11-7-9(15-3)5-6-12(11)16-13(10)8-14-2/h5-7,14H,4,8H2,1-3H3. The molecule has 0 radical (unpaired) electrons. The van der Waals surface area contributed by atoms with Crippen LogP contribution in [0.1, 0.15) is 18.2 Å². The van der Waals surface area contributed by atoms with Crippen molar-refractivity contribution < 1.29 is 9.15 Å². The summed E-state index contributed by atoms with van der Waals surface area (Å²) in [6.07, 6.45) is 0.969. The number of aryl methyl sites for hydroxylation is 1. The third-order valence-corrected chi connectivity index (χ3v) is 2.77. The molecule has 0 fully saturated rings. The van der Waals surface area contributed by atoms with Gasteiger partial charge in [0.25, 0.3) is 0 Å². The minimum absolute atomic E-state index is 0.764. The van der Waals surface area contributed by atoms with E-state index in [1.54, 1.807) is 7.11 Å². The minimum atomic E-state index is 0.764. The highest BCUT2D eigenvalue weighted by atomic mass is 16.5. The van der Waals surface area contributed by atoms with Crippen LogP contribution in [0.25, 0.3) is 11.0 Å². The second kappa shape index (κ2) is 4.58. The first kappa shape index (κ1) is 11.0. The topological polar surface area (TPSA) is 34.4 Å². The van der Waals surface area contributed by atoms with Crippen molar-refractivity contribution >= 4 is 11.0 Å². The fraction of sp³-hybridized carbons (Fsp3) is 0.385. The highest BCUT2D eigenvalue weighted by Gasteiger charge is 2.12. The first-order valence-corrected chi connectivity index (χ1v) is 5.53. The van der Waals surface area contributed by atoms with Crippen LogP contribution in [0.3, 0.4) is 0 Å². The van der Waals surface area contributed by atoms with E-state index in [1.165, 1.54) is 5.56 Å². The van der Waals surface area contributed by atoms with E-state index in [2.05, 4.69) is 12.2 Å². The van der Waals surface area contributed by atoms with Crippen molar-refractivity contribution in [1.29, 1.82) is 0 Å². The average Bonchev–Trinajstić information content (AvgIpc) is 2.65. The molecule has 0 aliphatic rings. The molecule has 1 heterocycles. The van der Waals surface area contributed by atoms with Crippen LogP contribution in [-0.2, 0) is 13.0 Å². The molecule has 0 saturated heterocycles. The Kier molecular flexibility index (Phi) is 3.15. The summed E-state index contributed by atoms with van der Waals surface area (Å²) < 4.78 is 11.0. The van der Waals surface area contributed by atoms with Crippen molar-refractivity contribution in [3.63, 3.8) is 0 Å². The Morgan fingerprint density at radius 1 is 1.38 bits per heavy atom. The predicted octanol–water partition coefficient (Wildman–Crippen LogP) is 2.72. The van der Waals surface area contributed by atoms with E-state index in [0.717, 1.165) is 35.4 Å². The van der Waals surface area contributed by atoms with Crippen molar-refractivity contribution in [2.24, 2.45) is 0 Å². The molecule has 0 saturated carbocycles. The lowest BCUT2D eigenvalue weighted by molar-refractivity contribution is 0.415. The van der Waals surface area contributed by atoms with Gasteiger partial charge in [-0.2, -0.15) is 0 Å². The number of nitrogens with one attached hydrogen (secondary N) is 1. The molecule has 0 amide bonds. The van der Waals surface area contributed by atoms with E-state index in [4.69, 9.17) is 9.15 Å². The third kappa shape index (κ3) is 1.78. The Hall–Kier alpha value is -1.48. The number of hydrogen-bond acceptors (Lipinski definition) is 3. The van der Waals surface area contributed by atoms with Gasteiger partial charge >= 0.3 is 0 Å². The second-order valence-electron chi connectivity index (χ2n) is 3.75. The molecule has 2 rings (SSSR count). The average molecular weight is 219 g/mol. The van der Waals surface area contributed by atoms with Crippen molar-refractivity contribution in [3.05, 3.63) is 29.5 Å². The van der Waals surface area contributed by atoms with E-state index < -0.39 is 0 Å². The van der Waals surface area contributed by atoms with E-state index in [0.29, 0.717) is 0 Å². The molecule has 0 bridgehead atoms. The van der Waals surface area contributed by atoms with Gasteiger partial charge in [0, 0.05) is 10.9 Å². The van der Waals surface area contributed by atoms with Crippen LogP contribution in [0.2, 0.25) is 0 Å². The van der Waals surface area contributed by atoms with Gasteiger partial charge in [0.15, 0.2) is 0 Å². The fourth-order valence-corrected chi connectivity index (χ4v) is 2.00. The molecular weight excluding hydrogens is 202 g/mol. The predicted molar refractivity (Wildman–Crippen MR) is 64.9 cm³/mol. The Balaban J connectivity index is 2.58. The first-order chi connectivity index (χ1) is 7.80. The van der Waals surface area contributed by atoms with Crippen molar-refractivity contribution in [3.8, 4) is 5.75 Å². The van der Waals surface area contributed by atoms with Crippen molar-refractivity contribution in [2.75, 3.05) is 14.2 Å². The van der Waals surface area contributed by atoms with Crippen LogP contribution in [0, 0.1) is 0 Å². The Labute approximate surface area is 95.4 Å². The molecule has 1 N–H and O–H groups in total. The summed E-state index contributed by atoms with van der Waals surface area (Å²) in [6.45, 7) is 2.91.